The van der Waals surface area contributed by atoms with Crippen LogP contribution in [0.25, 0.3) is 5.69 Å². The van der Waals surface area contributed by atoms with Gasteiger partial charge in [0.15, 0.2) is 0 Å². The van der Waals surface area contributed by atoms with Crippen molar-refractivity contribution in [3.8, 4) is 5.69 Å². The zero-order valence-corrected chi connectivity index (χ0v) is 10.8. The van der Waals surface area contributed by atoms with Gasteiger partial charge in [0, 0.05) is 12.0 Å². The number of anilines is 1. The zero-order valence-electron chi connectivity index (χ0n) is 10.8. The number of hydrogen-bond acceptors (Lipinski definition) is 2. The molecule has 0 atom stereocenters. The van der Waals surface area contributed by atoms with E-state index in [2.05, 4.69) is 5.10 Å². The van der Waals surface area contributed by atoms with Crippen LogP contribution < -0.4 is 5.73 Å². The van der Waals surface area contributed by atoms with Crippen LogP contribution in [0.15, 0.2) is 30.3 Å². The Hall–Kier alpha value is -1.84. The van der Waals surface area contributed by atoms with E-state index in [1.54, 1.807) is 16.8 Å². The lowest BCUT2D eigenvalue weighted by atomic mass is 9.87. The van der Waals surface area contributed by atoms with Crippen molar-refractivity contribution in [2.75, 3.05) is 5.73 Å². The average Bonchev–Trinajstić information content (AvgIpc) is 2.83. The van der Waals surface area contributed by atoms with Crippen LogP contribution in [-0.4, -0.2) is 9.78 Å². The van der Waals surface area contributed by atoms with Crippen LogP contribution in [-0.2, 0) is 0 Å². The first kappa shape index (κ1) is 12.2. The molecule has 2 aromatic rings. The van der Waals surface area contributed by atoms with Crippen LogP contribution in [0.3, 0.4) is 0 Å². The van der Waals surface area contributed by atoms with Gasteiger partial charge in [-0.1, -0.05) is 19.3 Å². The molecule has 1 heterocycles. The van der Waals surface area contributed by atoms with Gasteiger partial charge in [-0.2, -0.15) is 5.10 Å². The van der Waals surface area contributed by atoms with E-state index in [0.717, 1.165) is 11.4 Å². The summed E-state index contributed by atoms with van der Waals surface area (Å²) in [5.41, 5.74) is 7.90. The lowest BCUT2D eigenvalue weighted by Gasteiger charge is -2.19. The lowest BCUT2D eigenvalue weighted by Crippen LogP contribution is -2.06. The number of nitrogens with zero attached hydrogens (tertiary/aromatic N) is 2. The third-order valence-electron chi connectivity index (χ3n) is 3.85. The van der Waals surface area contributed by atoms with Crippen molar-refractivity contribution in [1.29, 1.82) is 0 Å². The highest BCUT2D eigenvalue weighted by Gasteiger charge is 2.19. The van der Waals surface area contributed by atoms with E-state index in [1.165, 1.54) is 44.2 Å². The summed E-state index contributed by atoms with van der Waals surface area (Å²) >= 11 is 0. The number of hydrogen-bond donors (Lipinski definition) is 1. The quantitative estimate of drug-likeness (QED) is 0.894. The van der Waals surface area contributed by atoms with Crippen molar-refractivity contribution in [3.63, 3.8) is 0 Å². The molecule has 0 bridgehead atoms. The second-order valence-corrected chi connectivity index (χ2v) is 5.22. The SMILES string of the molecule is Nc1cc(C2CCCCC2)nn1-c1ccc(F)cc1. The van der Waals surface area contributed by atoms with Gasteiger partial charge in [-0.15, -0.1) is 0 Å². The van der Waals surface area contributed by atoms with Gasteiger partial charge in [0.05, 0.1) is 11.4 Å². The van der Waals surface area contributed by atoms with E-state index in [0.29, 0.717) is 11.7 Å². The summed E-state index contributed by atoms with van der Waals surface area (Å²) in [4.78, 5) is 0. The lowest BCUT2D eigenvalue weighted by molar-refractivity contribution is 0.435. The number of nitrogen functional groups attached to an aromatic ring is 1. The Morgan fingerprint density at radius 3 is 2.47 bits per heavy atom. The molecule has 0 amide bonds. The van der Waals surface area contributed by atoms with Crippen LogP contribution in [0.2, 0.25) is 0 Å². The van der Waals surface area contributed by atoms with E-state index in [4.69, 9.17) is 5.73 Å². The molecule has 19 heavy (non-hydrogen) atoms. The zero-order chi connectivity index (χ0) is 13.2. The molecule has 0 spiro atoms. The van der Waals surface area contributed by atoms with Gasteiger partial charge < -0.3 is 5.73 Å². The fourth-order valence-corrected chi connectivity index (χ4v) is 2.80. The van der Waals surface area contributed by atoms with Gasteiger partial charge in [-0.3, -0.25) is 0 Å². The van der Waals surface area contributed by atoms with Crippen molar-refractivity contribution in [1.82, 2.24) is 9.78 Å². The number of halogens is 1. The van der Waals surface area contributed by atoms with Gasteiger partial charge in [0.1, 0.15) is 11.6 Å². The molecule has 4 heteroatoms. The summed E-state index contributed by atoms with van der Waals surface area (Å²) in [5, 5.41) is 4.60. The fourth-order valence-electron chi connectivity index (χ4n) is 2.80. The monoisotopic (exact) mass is 259 g/mol. The highest BCUT2D eigenvalue weighted by Crippen LogP contribution is 2.33. The average molecular weight is 259 g/mol. The molecule has 1 aliphatic carbocycles. The minimum Gasteiger partial charge on any atom is -0.384 e. The molecular formula is C15H18FN3. The first-order valence-electron chi connectivity index (χ1n) is 6.85. The molecule has 0 aliphatic heterocycles. The third-order valence-corrected chi connectivity index (χ3v) is 3.85. The van der Waals surface area contributed by atoms with E-state index in [9.17, 15) is 4.39 Å². The van der Waals surface area contributed by atoms with E-state index >= 15 is 0 Å². The van der Waals surface area contributed by atoms with Crippen LogP contribution in [0.4, 0.5) is 10.2 Å². The molecule has 1 aliphatic rings. The van der Waals surface area contributed by atoms with Crippen molar-refractivity contribution in [2.24, 2.45) is 0 Å². The summed E-state index contributed by atoms with van der Waals surface area (Å²) in [6, 6.07) is 8.21. The molecule has 1 aromatic carbocycles. The van der Waals surface area contributed by atoms with Crippen molar-refractivity contribution in [2.45, 2.75) is 38.0 Å². The summed E-state index contributed by atoms with van der Waals surface area (Å²) in [6.07, 6.45) is 6.26. The van der Waals surface area contributed by atoms with Gasteiger partial charge >= 0.3 is 0 Å². The Morgan fingerprint density at radius 2 is 1.79 bits per heavy atom. The molecule has 3 nitrogen and oxygen atoms in total. The number of aromatic nitrogens is 2. The van der Waals surface area contributed by atoms with Crippen LogP contribution >= 0.6 is 0 Å². The molecule has 0 radical (unpaired) electrons. The summed E-state index contributed by atoms with van der Waals surface area (Å²) in [5.74, 6) is 0.895. The van der Waals surface area contributed by atoms with E-state index < -0.39 is 0 Å². The Morgan fingerprint density at radius 1 is 1.11 bits per heavy atom. The largest absolute Gasteiger partial charge is 0.384 e. The maximum atomic E-state index is 12.9. The Kier molecular flexibility index (Phi) is 3.23. The molecule has 1 saturated carbocycles. The Bertz CT molecular complexity index is 553. The van der Waals surface area contributed by atoms with Crippen molar-refractivity contribution < 1.29 is 4.39 Å². The fraction of sp³-hybridized carbons (Fsp3) is 0.400. The number of nitrogens with two attached hydrogens (primary N) is 1. The first-order valence-corrected chi connectivity index (χ1v) is 6.85. The normalized spacial score (nSPS) is 16.7. The molecule has 0 unspecified atom stereocenters. The molecule has 1 aromatic heterocycles. The van der Waals surface area contributed by atoms with Gasteiger partial charge in [0.25, 0.3) is 0 Å². The van der Waals surface area contributed by atoms with Gasteiger partial charge in [-0.25, -0.2) is 9.07 Å². The highest BCUT2D eigenvalue weighted by atomic mass is 19.1. The van der Waals surface area contributed by atoms with Crippen LogP contribution in [0, 0.1) is 5.82 Å². The smallest absolute Gasteiger partial charge is 0.127 e. The van der Waals surface area contributed by atoms with Gasteiger partial charge in [-0.05, 0) is 37.1 Å². The second kappa shape index (κ2) is 5.03. The standard InChI is InChI=1S/C15H18FN3/c16-12-6-8-13(9-7-12)19-15(17)10-14(18-19)11-4-2-1-3-5-11/h6-11H,1-5,17H2. The minimum atomic E-state index is -0.248. The predicted molar refractivity (Wildman–Crippen MR) is 73.8 cm³/mol. The van der Waals surface area contributed by atoms with E-state index in [1.807, 2.05) is 6.07 Å². The van der Waals surface area contributed by atoms with Crippen molar-refractivity contribution in [3.05, 3.63) is 41.8 Å². The molecule has 0 saturated heterocycles. The number of rotatable bonds is 2. The van der Waals surface area contributed by atoms with Crippen molar-refractivity contribution >= 4 is 5.82 Å². The topological polar surface area (TPSA) is 43.8 Å². The minimum absolute atomic E-state index is 0.248. The first-order chi connectivity index (χ1) is 9.24. The van der Waals surface area contributed by atoms with Gasteiger partial charge in [0.2, 0.25) is 0 Å². The third kappa shape index (κ3) is 2.48. The van der Waals surface area contributed by atoms with E-state index in [-0.39, 0.29) is 5.82 Å². The number of benzene rings is 1. The highest BCUT2D eigenvalue weighted by molar-refractivity contribution is 5.43. The second-order valence-electron chi connectivity index (χ2n) is 5.22. The molecule has 1 fully saturated rings. The molecule has 2 N–H and O–H groups in total. The summed E-state index contributed by atoms with van der Waals surface area (Å²) < 4.78 is 14.6. The molecule has 100 valence electrons. The van der Waals surface area contributed by atoms with Crippen LogP contribution in [0.5, 0.6) is 0 Å². The molecule has 3 rings (SSSR count). The predicted octanol–water partition coefficient (Wildman–Crippen LogP) is 3.64. The Balaban J connectivity index is 1.90. The summed E-state index contributed by atoms with van der Waals surface area (Å²) in [7, 11) is 0. The maximum absolute atomic E-state index is 12.9. The maximum Gasteiger partial charge on any atom is 0.127 e. The summed E-state index contributed by atoms with van der Waals surface area (Å²) in [6.45, 7) is 0. The van der Waals surface area contributed by atoms with Crippen LogP contribution in [0.1, 0.15) is 43.7 Å². The molecular weight excluding hydrogens is 241 g/mol. The Labute approximate surface area is 112 Å².